The third kappa shape index (κ3) is 3.08. The highest BCUT2D eigenvalue weighted by molar-refractivity contribution is 6.31. The van der Waals surface area contributed by atoms with Gasteiger partial charge in [0.15, 0.2) is 0 Å². The molecule has 1 saturated heterocycles. The largest absolute Gasteiger partial charge is 0.507 e. The summed E-state index contributed by atoms with van der Waals surface area (Å²) in [6, 6.07) is 4.13. The van der Waals surface area contributed by atoms with Gasteiger partial charge in [0.05, 0.1) is 0 Å². The zero-order valence-corrected chi connectivity index (χ0v) is 12.3. The van der Waals surface area contributed by atoms with Crippen LogP contribution >= 0.6 is 0 Å². The number of carbonyl (C=O) groups excluding carboxylic acids is 3. The number of phenols is 1. The van der Waals surface area contributed by atoms with E-state index in [0.29, 0.717) is 5.56 Å². The summed E-state index contributed by atoms with van der Waals surface area (Å²) < 4.78 is 0. The summed E-state index contributed by atoms with van der Waals surface area (Å²) in [7, 11) is 0. The summed E-state index contributed by atoms with van der Waals surface area (Å²) in [5.74, 6) is -1.63. The second-order valence-corrected chi connectivity index (χ2v) is 4.71. The molecule has 0 saturated carbocycles. The number of barbiturate groups is 1. The van der Waals surface area contributed by atoms with Gasteiger partial charge in [0.1, 0.15) is 11.3 Å². The maximum Gasteiger partial charge on any atom is 0.328 e. The Morgan fingerprint density at radius 2 is 1.68 bits per heavy atom. The zero-order valence-electron chi connectivity index (χ0n) is 12.3. The fourth-order valence-electron chi connectivity index (χ4n) is 2.20. The maximum atomic E-state index is 11.6. The van der Waals surface area contributed by atoms with Crippen LogP contribution in [-0.2, 0) is 9.59 Å². The van der Waals surface area contributed by atoms with Crippen LogP contribution in [0.3, 0.4) is 0 Å². The number of hydrogen-bond donors (Lipinski definition) is 3. The number of nitrogens with zero attached hydrogens (tertiary/aromatic N) is 1. The summed E-state index contributed by atoms with van der Waals surface area (Å²) >= 11 is 0. The van der Waals surface area contributed by atoms with E-state index in [1.54, 1.807) is 18.2 Å². The van der Waals surface area contributed by atoms with Crippen molar-refractivity contribution in [3.63, 3.8) is 0 Å². The standard InChI is InChI=1S/C15H17N3O4/c1-3-18(4-2)10-6-5-9(12(19)8-10)7-11-13(20)16-15(22)17-14(11)21/h5-8,19H,3-4H2,1-2H3,(H2,16,17,20,21,22). The predicted molar refractivity (Wildman–Crippen MR) is 81.3 cm³/mol. The third-order valence-corrected chi connectivity index (χ3v) is 3.39. The molecule has 1 aromatic carbocycles. The Labute approximate surface area is 127 Å². The molecule has 2 rings (SSSR count). The van der Waals surface area contributed by atoms with E-state index in [4.69, 9.17) is 0 Å². The lowest BCUT2D eigenvalue weighted by atomic mass is 10.1. The van der Waals surface area contributed by atoms with Crippen LogP contribution in [0.25, 0.3) is 6.08 Å². The molecule has 1 aliphatic rings. The molecular weight excluding hydrogens is 286 g/mol. The van der Waals surface area contributed by atoms with Crippen LogP contribution < -0.4 is 15.5 Å². The number of aromatic hydroxyl groups is 1. The number of imide groups is 2. The molecule has 0 aliphatic carbocycles. The van der Waals surface area contributed by atoms with Crippen LogP contribution in [0.5, 0.6) is 5.75 Å². The van der Waals surface area contributed by atoms with E-state index in [2.05, 4.69) is 4.90 Å². The molecule has 116 valence electrons. The van der Waals surface area contributed by atoms with Crippen molar-refractivity contribution >= 4 is 29.6 Å². The monoisotopic (exact) mass is 303 g/mol. The van der Waals surface area contributed by atoms with E-state index in [9.17, 15) is 19.5 Å². The van der Waals surface area contributed by atoms with Crippen molar-refractivity contribution in [1.29, 1.82) is 0 Å². The molecule has 0 atom stereocenters. The molecule has 1 aromatic rings. The Morgan fingerprint density at radius 3 is 2.18 bits per heavy atom. The molecule has 1 fully saturated rings. The van der Waals surface area contributed by atoms with Gasteiger partial charge >= 0.3 is 6.03 Å². The minimum Gasteiger partial charge on any atom is -0.507 e. The van der Waals surface area contributed by atoms with Crippen molar-refractivity contribution in [3.8, 4) is 5.75 Å². The number of phenolic OH excluding ortho intramolecular Hbond substituents is 1. The van der Waals surface area contributed by atoms with Crippen LogP contribution in [0, 0.1) is 0 Å². The number of carbonyl (C=O) groups is 3. The normalized spacial score (nSPS) is 14.5. The lowest BCUT2D eigenvalue weighted by Crippen LogP contribution is -2.51. The first-order valence-electron chi connectivity index (χ1n) is 6.92. The van der Waals surface area contributed by atoms with Gasteiger partial charge in [-0.05, 0) is 32.1 Å². The van der Waals surface area contributed by atoms with Gasteiger partial charge in [0.2, 0.25) is 0 Å². The molecule has 1 heterocycles. The fourth-order valence-corrected chi connectivity index (χ4v) is 2.20. The lowest BCUT2D eigenvalue weighted by Gasteiger charge is -2.21. The van der Waals surface area contributed by atoms with Gasteiger partial charge in [0, 0.05) is 30.4 Å². The topological polar surface area (TPSA) is 98.7 Å². The number of amides is 4. The van der Waals surface area contributed by atoms with Gasteiger partial charge in [-0.2, -0.15) is 0 Å². The Bertz CT molecular complexity index is 641. The average molecular weight is 303 g/mol. The van der Waals surface area contributed by atoms with Crippen molar-refractivity contribution in [2.45, 2.75) is 13.8 Å². The number of benzene rings is 1. The molecular formula is C15H17N3O4. The molecule has 4 amide bonds. The highest BCUT2D eigenvalue weighted by Crippen LogP contribution is 2.26. The summed E-state index contributed by atoms with van der Waals surface area (Å²) in [5.41, 5.74) is 0.938. The van der Waals surface area contributed by atoms with Gasteiger partial charge in [-0.15, -0.1) is 0 Å². The second kappa shape index (κ2) is 6.30. The molecule has 0 spiro atoms. The van der Waals surface area contributed by atoms with E-state index in [1.807, 2.05) is 24.5 Å². The van der Waals surface area contributed by atoms with Gasteiger partial charge in [-0.25, -0.2) is 4.79 Å². The molecule has 0 aromatic heterocycles. The Kier molecular flexibility index (Phi) is 4.45. The van der Waals surface area contributed by atoms with Crippen molar-refractivity contribution in [3.05, 3.63) is 29.3 Å². The summed E-state index contributed by atoms with van der Waals surface area (Å²) in [4.78, 5) is 36.3. The van der Waals surface area contributed by atoms with E-state index >= 15 is 0 Å². The lowest BCUT2D eigenvalue weighted by molar-refractivity contribution is -0.123. The highest BCUT2D eigenvalue weighted by Gasteiger charge is 2.27. The minimum atomic E-state index is -0.853. The Hall–Kier alpha value is -2.83. The van der Waals surface area contributed by atoms with E-state index in [0.717, 1.165) is 18.8 Å². The average Bonchev–Trinajstić information content (AvgIpc) is 2.46. The SMILES string of the molecule is CCN(CC)c1ccc(C=C2C(=O)NC(=O)NC2=O)c(O)c1. The molecule has 0 radical (unpaired) electrons. The van der Waals surface area contributed by atoms with Crippen molar-refractivity contribution in [1.82, 2.24) is 10.6 Å². The second-order valence-electron chi connectivity index (χ2n) is 4.71. The number of anilines is 1. The first-order chi connectivity index (χ1) is 10.5. The van der Waals surface area contributed by atoms with E-state index in [-0.39, 0.29) is 11.3 Å². The van der Waals surface area contributed by atoms with Crippen LogP contribution in [0.4, 0.5) is 10.5 Å². The first kappa shape index (κ1) is 15.6. The third-order valence-electron chi connectivity index (χ3n) is 3.39. The number of nitrogens with one attached hydrogen (secondary N) is 2. The molecule has 0 bridgehead atoms. The van der Waals surface area contributed by atoms with Gasteiger partial charge in [0.25, 0.3) is 11.8 Å². The van der Waals surface area contributed by atoms with Crippen LogP contribution in [-0.4, -0.2) is 36.0 Å². The van der Waals surface area contributed by atoms with E-state index < -0.39 is 17.8 Å². The number of rotatable bonds is 4. The summed E-state index contributed by atoms with van der Waals surface area (Å²) in [6.45, 7) is 5.60. The number of hydrogen-bond acceptors (Lipinski definition) is 5. The molecule has 22 heavy (non-hydrogen) atoms. The molecule has 7 heteroatoms. The van der Waals surface area contributed by atoms with Crippen LogP contribution in [0.1, 0.15) is 19.4 Å². The molecule has 0 unspecified atom stereocenters. The summed E-state index contributed by atoms with van der Waals surface area (Å²) in [5, 5.41) is 14.0. The molecule has 7 nitrogen and oxygen atoms in total. The zero-order chi connectivity index (χ0) is 16.3. The van der Waals surface area contributed by atoms with Gasteiger partial charge in [-0.3, -0.25) is 20.2 Å². The molecule has 1 aliphatic heterocycles. The van der Waals surface area contributed by atoms with Crippen LogP contribution in [0.2, 0.25) is 0 Å². The number of urea groups is 1. The first-order valence-corrected chi connectivity index (χ1v) is 6.92. The van der Waals surface area contributed by atoms with Crippen molar-refractivity contribution in [2.75, 3.05) is 18.0 Å². The summed E-state index contributed by atoms with van der Waals surface area (Å²) in [6.07, 6.45) is 1.25. The minimum absolute atomic E-state index is 0.0469. The van der Waals surface area contributed by atoms with Crippen molar-refractivity contribution < 1.29 is 19.5 Å². The Balaban J connectivity index is 2.34. The molecule has 3 N–H and O–H groups in total. The Morgan fingerprint density at radius 1 is 1.09 bits per heavy atom. The van der Waals surface area contributed by atoms with E-state index in [1.165, 1.54) is 6.08 Å². The predicted octanol–water partition coefficient (Wildman–Crippen LogP) is 0.988. The quantitative estimate of drug-likeness (QED) is 0.569. The van der Waals surface area contributed by atoms with Gasteiger partial charge in [-0.1, -0.05) is 0 Å². The fraction of sp³-hybridized carbons (Fsp3) is 0.267. The van der Waals surface area contributed by atoms with Gasteiger partial charge < -0.3 is 10.0 Å². The highest BCUT2D eigenvalue weighted by atomic mass is 16.3. The van der Waals surface area contributed by atoms with Crippen LogP contribution in [0.15, 0.2) is 23.8 Å². The smallest absolute Gasteiger partial charge is 0.328 e. The van der Waals surface area contributed by atoms with Crippen molar-refractivity contribution in [2.24, 2.45) is 0 Å². The maximum absolute atomic E-state index is 11.6.